The highest BCUT2D eigenvalue weighted by Gasteiger charge is 2.23. The number of guanidine groups is 1. The van der Waals surface area contributed by atoms with Crippen molar-refractivity contribution in [2.45, 2.75) is 12.8 Å². The Morgan fingerprint density at radius 1 is 1.35 bits per heavy atom. The Morgan fingerprint density at radius 3 is 2.85 bits per heavy atom. The fourth-order valence-corrected chi connectivity index (χ4v) is 4.31. The number of anilines is 1. The lowest BCUT2D eigenvalue weighted by Crippen LogP contribution is -2.42. The number of benzene rings is 1. The van der Waals surface area contributed by atoms with Gasteiger partial charge in [0.1, 0.15) is 0 Å². The molecule has 6 heteroatoms. The maximum Gasteiger partial charge on any atom is 0.193 e. The molecule has 140 valence electrons. The van der Waals surface area contributed by atoms with Gasteiger partial charge in [0.05, 0.1) is 0 Å². The highest BCUT2D eigenvalue weighted by atomic mass is 79.9. The second-order valence-corrected chi connectivity index (χ2v) is 8.70. The minimum atomic E-state index is 0.654. The van der Waals surface area contributed by atoms with Crippen molar-refractivity contribution in [2.24, 2.45) is 10.9 Å². The fourth-order valence-electron chi connectivity index (χ4n) is 3.34. The van der Waals surface area contributed by atoms with Crippen LogP contribution < -0.4 is 10.2 Å². The minimum Gasteiger partial charge on any atom is -0.371 e. The number of thiophene rings is 1. The first kappa shape index (κ1) is 19.2. The van der Waals surface area contributed by atoms with E-state index < -0.39 is 0 Å². The number of aliphatic imine (C=N–C) groups is 1. The van der Waals surface area contributed by atoms with Crippen LogP contribution in [0.5, 0.6) is 0 Å². The predicted molar refractivity (Wildman–Crippen MR) is 116 cm³/mol. The summed E-state index contributed by atoms with van der Waals surface area (Å²) in [6.07, 6.45) is 2.29. The van der Waals surface area contributed by atoms with Crippen molar-refractivity contribution in [3.8, 4) is 0 Å². The third-order valence-electron chi connectivity index (χ3n) is 4.87. The molecule has 4 nitrogen and oxygen atoms in total. The van der Waals surface area contributed by atoms with Crippen molar-refractivity contribution < 1.29 is 0 Å². The van der Waals surface area contributed by atoms with Gasteiger partial charge in [-0.25, -0.2) is 0 Å². The molecule has 1 unspecified atom stereocenters. The fraction of sp³-hybridized carbons (Fsp3) is 0.450. The summed E-state index contributed by atoms with van der Waals surface area (Å²) in [6, 6.07) is 12.9. The molecule has 2 heterocycles. The van der Waals surface area contributed by atoms with Crippen molar-refractivity contribution in [1.29, 1.82) is 0 Å². The van der Waals surface area contributed by atoms with E-state index in [2.05, 4.69) is 84.9 Å². The molecule has 0 radical (unpaired) electrons. The molecule has 0 saturated carbocycles. The van der Waals surface area contributed by atoms with Gasteiger partial charge in [-0.3, -0.25) is 4.99 Å². The van der Waals surface area contributed by atoms with Crippen LogP contribution in [0.4, 0.5) is 5.69 Å². The first-order valence-electron chi connectivity index (χ1n) is 9.10. The quantitative estimate of drug-likeness (QED) is 0.548. The molecule has 1 atom stereocenters. The highest BCUT2D eigenvalue weighted by Crippen LogP contribution is 2.25. The minimum absolute atomic E-state index is 0.654. The predicted octanol–water partition coefficient (Wildman–Crippen LogP) is 4.09. The Bertz CT molecular complexity index is 699. The number of hydrogen-bond donors (Lipinski definition) is 1. The van der Waals surface area contributed by atoms with Gasteiger partial charge in [-0.05, 0) is 54.5 Å². The SMILES string of the molecule is CN=C(NCC1CCN(c2ccc(Br)cc2)C1)N(C)CCc1cccs1. The van der Waals surface area contributed by atoms with Gasteiger partial charge < -0.3 is 15.1 Å². The lowest BCUT2D eigenvalue weighted by Gasteiger charge is -2.23. The topological polar surface area (TPSA) is 30.9 Å². The highest BCUT2D eigenvalue weighted by molar-refractivity contribution is 9.10. The molecule has 0 aliphatic carbocycles. The smallest absolute Gasteiger partial charge is 0.193 e. The van der Waals surface area contributed by atoms with Crippen molar-refractivity contribution in [2.75, 3.05) is 45.2 Å². The van der Waals surface area contributed by atoms with E-state index in [-0.39, 0.29) is 0 Å². The summed E-state index contributed by atoms with van der Waals surface area (Å²) in [4.78, 5) is 10.6. The molecule has 2 aromatic rings. The molecule has 1 aromatic heterocycles. The maximum absolute atomic E-state index is 4.45. The van der Waals surface area contributed by atoms with Crippen molar-refractivity contribution >= 4 is 38.9 Å². The molecule has 0 spiro atoms. The van der Waals surface area contributed by atoms with Crippen LogP contribution in [-0.2, 0) is 6.42 Å². The monoisotopic (exact) mass is 434 g/mol. The van der Waals surface area contributed by atoms with E-state index in [0.717, 1.165) is 43.0 Å². The average molecular weight is 435 g/mol. The normalized spacial score (nSPS) is 17.6. The number of likely N-dealkylation sites (N-methyl/N-ethyl adjacent to an activating group) is 1. The van der Waals surface area contributed by atoms with Crippen LogP contribution in [0.25, 0.3) is 0 Å². The van der Waals surface area contributed by atoms with Gasteiger partial charge in [-0.2, -0.15) is 0 Å². The Labute approximate surface area is 169 Å². The summed E-state index contributed by atoms with van der Waals surface area (Å²) in [6.45, 7) is 4.18. The first-order valence-corrected chi connectivity index (χ1v) is 10.8. The zero-order chi connectivity index (χ0) is 18.4. The standard InChI is InChI=1S/C20H27BrN4S/c1-22-20(24(2)11-10-19-4-3-13-26-19)23-14-16-9-12-25(15-16)18-7-5-17(21)6-8-18/h3-8,13,16H,9-12,14-15H2,1-2H3,(H,22,23). The van der Waals surface area contributed by atoms with Gasteiger partial charge in [-0.1, -0.05) is 22.0 Å². The Kier molecular flexibility index (Phi) is 6.97. The lowest BCUT2D eigenvalue weighted by atomic mass is 10.1. The van der Waals surface area contributed by atoms with Crippen LogP contribution >= 0.6 is 27.3 Å². The number of hydrogen-bond acceptors (Lipinski definition) is 3. The van der Waals surface area contributed by atoms with Crippen molar-refractivity contribution in [1.82, 2.24) is 10.2 Å². The van der Waals surface area contributed by atoms with E-state index >= 15 is 0 Å². The van der Waals surface area contributed by atoms with Crippen LogP contribution in [0.3, 0.4) is 0 Å². The lowest BCUT2D eigenvalue weighted by molar-refractivity contribution is 0.471. The number of nitrogens with zero attached hydrogens (tertiary/aromatic N) is 3. The van der Waals surface area contributed by atoms with Crippen LogP contribution in [0, 0.1) is 5.92 Å². The first-order chi connectivity index (χ1) is 12.7. The molecule has 3 rings (SSSR count). The van der Waals surface area contributed by atoms with E-state index in [0.29, 0.717) is 5.92 Å². The Hall–Kier alpha value is -1.53. The molecular formula is C20H27BrN4S. The summed E-state index contributed by atoms with van der Waals surface area (Å²) < 4.78 is 1.13. The van der Waals surface area contributed by atoms with Crippen LogP contribution in [-0.4, -0.2) is 51.1 Å². The molecule has 1 N–H and O–H groups in total. The van der Waals surface area contributed by atoms with E-state index in [1.807, 2.05) is 18.4 Å². The summed E-state index contributed by atoms with van der Waals surface area (Å²) in [5.74, 6) is 1.64. The number of nitrogens with one attached hydrogen (secondary N) is 1. The van der Waals surface area contributed by atoms with Gasteiger partial charge in [0.2, 0.25) is 0 Å². The van der Waals surface area contributed by atoms with Gasteiger partial charge in [-0.15, -0.1) is 11.3 Å². The molecule has 0 bridgehead atoms. The second kappa shape index (κ2) is 9.42. The van der Waals surface area contributed by atoms with Crippen LogP contribution in [0.15, 0.2) is 51.2 Å². The van der Waals surface area contributed by atoms with Crippen LogP contribution in [0.2, 0.25) is 0 Å². The third kappa shape index (κ3) is 5.24. The van der Waals surface area contributed by atoms with E-state index in [9.17, 15) is 0 Å². The van der Waals surface area contributed by atoms with E-state index in [1.54, 1.807) is 0 Å². The number of halogens is 1. The number of rotatable bonds is 6. The van der Waals surface area contributed by atoms with Gasteiger partial charge in [0, 0.05) is 55.3 Å². The summed E-state index contributed by atoms with van der Waals surface area (Å²) in [5, 5.41) is 5.71. The van der Waals surface area contributed by atoms with Gasteiger partial charge in [0.15, 0.2) is 5.96 Å². The van der Waals surface area contributed by atoms with Crippen LogP contribution in [0.1, 0.15) is 11.3 Å². The van der Waals surface area contributed by atoms with Crippen molar-refractivity contribution in [3.05, 3.63) is 51.1 Å². The van der Waals surface area contributed by atoms with Gasteiger partial charge in [0.25, 0.3) is 0 Å². The molecule has 1 aromatic carbocycles. The molecule has 1 aliphatic rings. The largest absolute Gasteiger partial charge is 0.371 e. The van der Waals surface area contributed by atoms with E-state index in [1.165, 1.54) is 17.0 Å². The van der Waals surface area contributed by atoms with Gasteiger partial charge >= 0.3 is 0 Å². The summed E-state index contributed by atoms with van der Waals surface area (Å²) in [7, 11) is 3.98. The second-order valence-electron chi connectivity index (χ2n) is 6.76. The molecule has 1 saturated heterocycles. The average Bonchev–Trinajstić information content (AvgIpc) is 3.33. The molecule has 0 amide bonds. The molecule has 26 heavy (non-hydrogen) atoms. The Balaban J connectivity index is 1.44. The van der Waals surface area contributed by atoms with E-state index in [4.69, 9.17) is 0 Å². The summed E-state index contributed by atoms with van der Waals surface area (Å²) >= 11 is 5.33. The summed E-state index contributed by atoms with van der Waals surface area (Å²) in [5.41, 5.74) is 1.31. The molecular weight excluding hydrogens is 408 g/mol. The third-order valence-corrected chi connectivity index (χ3v) is 6.34. The molecule has 1 aliphatic heterocycles. The zero-order valence-electron chi connectivity index (χ0n) is 15.5. The maximum atomic E-state index is 4.45. The van der Waals surface area contributed by atoms with Crippen molar-refractivity contribution in [3.63, 3.8) is 0 Å². The molecule has 1 fully saturated rings. The zero-order valence-corrected chi connectivity index (χ0v) is 17.9. The Morgan fingerprint density at radius 2 is 2.15 bits per heavy atom.